The first kappa shape index (κ1) is 20.4. The molecule has 162 valence electrons. The molecule has 0 bridgehead atoms. The summed E-state index contributed by atoms with van der Waals surface area (Å²) in [6.45, 7) is 3.51. The predicted molar refractivity (Wildman–Crippen MR) is 123 cm³/mol. The van der Waals surface area contributed by atoms with E-state index in [0.29, 0.717) is 17.6 Å². The van der Waals surface area contributed by atoms with E-state index in [-0.39, 0.29) is 11.8 Å². The highest BCUT2D eigenvalue weighted by atomic mass is 16.5. The molecule has 0 spiro atoms. The van der Waals surface area contributed by atoms with E-state index in [1.54, 1.807) is 18.6 Å². The van der Waals surface area contributed by atoms with E-state index in [1.807, 2.05) is 25.1 Å². The van der Waals surface area contributed by atoms with Gasteiger partial charge < -0.3 is 15.4 Å². The minimum Gasteiger partial charge on any atom is -0.379 e. The van der Waals surface area contributed by atoms with Crippen molar-refractivity contribution in [2.75, 3.05) is 23.8 Å². The van der Waals surface area contributed by atoms with Crippen molar-refractivity contribution in [3.05, 3.63) is 53.7 Å². The Balaban J connectivity index is 1.36. The molecular formula is C25H25N5O2. The number of hydrogen-bond donors (Lipinski definition) is 2. The van der Waals surface area contributed by atoms with Gasteiger partial charge in [-0.1, -0.05) is 5.92 Å². The summed E-state index contributed by atoms with van der Waals surface area (Å²) in [5, 5.41) is 8.21. The molecule has 7 nitrogen and oxygen atoms in total. The first-order chi connectivity index (χ1) is 15.7. The van der Waals surface area contributed by atoms with Gasteiger partial charge in [0, 0.05) is 47.4 Å². The first-order valence-electron chi connectivity index (χ1n) is 11.0. The number of pyridine rings is 3. The topological polar surface area (TPSA) is 89.0 Å². The fraction of sp³-hybridized carbons (Fsp3) is 0.360. The number of hydrogen-bond acceptors (Lipinski definition) is 6. The van der Waals surface area contributed by atoms with Crippen LogP contribution in [0.1, 0.15) is 42.6 Å². The number of rotatable bonds is 4. The van der Waals surface area contributed by atoms with E-state index in [0.717, 1.165) is 66.6 Å². The van der Waals surface area contributed by atoms with Crippen molar-refractivity contribution in [1.82, 2.24) is 15.0 Å². The second-order valence-corrected chi connectivity index (χ2v) is 8.38. The standard InChI is InChI=1S/C25H25N5O2/c1-16-23-14-28-24(30-25(31)17-4-5-17)11-22(23)18(12-26-16)6-7-19-8-9-20(13-27-19)29-21-3-2-10-32-15-21/h8-9,11-14,17,21,29H,2-5,10,15H2,1H3,(H,28,30,31)/t21-/m0/s1. The zero-order valence-corrected chi connectivity index (χ0v) is 18.0. The van der Waals surface area contributed by atoms with Crippen LogP contribution in [-0.4, -0.2) is 40.1 Å². The summed E-state index contributed by atoms with van der Waals surface area (Å²) in [6.07, 6.45) is 9.40. The van der Waals surface area contributed by atoms with Crippen LogP contribution in [0.25, 0.3) is 10.8 Å². The smallest absolute Gasteiger partial charge is 0.228 e. The van der Waals surface area contributed by atoms with Crippen LogP contribution in [0.4, 0.5) is 11.5 Å². The van der Waals surface area contributed by atoms with E-state index < -0.39 is 0 Å². The van der Waals surface area contributed by atoms with Gasteiger partial charge in [0.1, 0.15) is 11.5 Å². The van der Waals surface area contributed by atoms with Crippen LogP contribution in [0, 0.1) is 24.7 Å². The van der Waals surface area contributed by atoms with Crippen molar-refractivity contribution in [1.29, 1.82) is 0 Å². The number of carbonyl (C=O) groups excluding carboxylic acids is 1. The Labute approximate surface area is 187 Å². The van der Waals surface area contributed by atoms with Crippen molar-refractivity contribution in [3.63, 3.8) is 0 Å². The van der Waals surface area contributed by atoms with E-state index in [1.165, 1.54) is 0 Å². The molecule has 2 N–H and O–H groups in total. The number of carbonyl (C=O) groups is 1. The lowest BCUT2D eigenvalue weighted by Gasteiger charge is -2.23. The van der Waals surface area contributed by atoms with Crippen molar-refractivity contribution in [2.24, 2.45) is 5.92 Å². The maximum atomic E-state index is 12.1. The number of anilines is 2. The summed E-state index contributed by atoms with van der Waals surface area (Å²) in [5.74, 6) is 7.03. The van der Waals surface area contributed by atoms with E-state index in [4.69, 9.17) is 4.74 Å². The lowest BCUT2D eigenvalue weighted by atomic mass is 10.1. The fourth-order valence-corrected chi connectivity index (χ4v) is 3.78. The molecule has 2 aliphatic rings. The quantitative estimate of drug-likeness (QED) is 0.618. The summed E-state index contributed by atoms with van der Waals surface area (Å²) in [6, 6.07) is 6.11. The number of amides is 1. The minimum atomic E-state index is 0.0351. The molecule has 32 heavy (non-hydrogen) atoms. The number of nitrogens with one attached hydrogen (secondary N) is 2. The lowest BCUT2D eigenvalue weighted by molar-refractivity contribution is -0.117. The monoisotopic (exact) mass is 427 g/mol. The number of aromatic nitrogens is 3. The molecule has 1 saturated carbocycles. The first-order valence-corrected chi connectivity index (χ1v) is 11.0. The van der Waals surface area contributed by atoms with Crippen molar-refractivity contribution in [2.45, 2.75) is 38.6 Å². The molecule has 1 saturated heterocycles. The molecule has 0 unspecified atom stereocenters. The SMILES string of the molecule is Cc1ncc(C#Cc2ccc(N[C@H]3CCCOC3)cn2)c2cc(NC(=O)C3CC3)ncc12. The van der Waals surface area contributed by atoms with Crippen LogP contribution in [-0.2, 0) is 9.53 Å². The molecule has 5 rings (SSSR count). The molecule has 1 aliphatic heterocycles. The summed E-state index contributed by atoms with van der Waals surface area (Å²) >= 11 is 0. The van der Waals surface area contributed by atoms with Crippen LogP contribution < -0.4 is 10.6 Å². The number of nitrogens with zero attached hydrogens (tertiary/aromatic N) is 3. The van der Waals surface area contributed by atoms with Gasteiger partial charge >= 0.3 is 0 Å². The molecule has 0 radical (unpaired) electrons. The van der Waals surface area contributed by atoms with Gasteiger partial charge in [-0.25, -0.2) is 9.97 Å². The fourth-order valence-electron chi connectivity index (χ4n) is 3.78. The molecule has 4 heterocycles. The number of aryl methyl sites for hydroxylation is 1. The highest BCUT2D eigenvalue weighted by Gasteiger charge is 2.29. The van der Waals surface area contributed by atoms with Gasteiger partial charge in [0.25, 0.3) is 0 Å². The average Bonchev–Trinajstić information content (AvgIpc) is 3.66. The van der Waals surface area contributed by atoms with Crippen molar-refractivity contribution >= 4 is 28.2 Å². The lowest BCUT2D eigenvalue weighted by Crippen LogP contribution is -2.29. The number of fused-ring (bicyclic) bond motifs is 1. The Kier molecular flexibility index (Phi) is 5.70. The summed E-state index contributed by atoms with van der Waals surface area (Å²) in [4.78, 5) is 25.4. The molecular weight excluding hydrogens is 402 g/mol. The normalized spacial score (nSPS) is 18.0. The Morgan fingerprint density at radius 3 is 2.72 bits per heavy atom. The van der Waals surface area contributed by atoms with E-state index in [9.17, 15) is 4.79 Å². The van der Waals surface area contributed by atoms with Crippen LogP contribution >= 0.6 is 0 Å². The van der Waals surface area contributed by atoms with Gasteiger partial charge in [0.05, 0.1) is 24.1 Å². The van der Waals surface area contributed by atoms with Crippen LogP contribution in [0.15, 0.2) is 36.8 Å². The van der Waals surface area contributed by atoms with E-state index >= 15 is 0 Å². The van der Waals surface area contributed by atoms with Crippen LogP contribution in [0.2, 0.25) is 0 Å². The third kappa shape index (κ3) is 4.71. The van der Waals surface area contributed by atoms with Gasteiger partial charge in [0.15, 0.2) is 0 Å². The molecule has 3 aromatic heterocycles. The molecule has 7 heteroatoms. The Morgan fingerprint density at radius 2 is 1.97 bits per heavy atom. The average molecular weight is 428 g/mol. The Morgan fingerprint density at radius 1 is 1.06 bits per heavy atom. The molecule has 2 fully saturated rings. The van der Waals surface area contributed by atoms with E-state index in [2.05, 4.69) is 37.4 Å². The molecule has 3 aromatic rings. The third-order valence-electron chi connectivity index (χ3n) is 5.79. The summed E-state index contributed by atoms with van der Waals surface area (Å²) in [7, 11) is 0. The Hall–Kier alpha value is -3.50. The largest absolute Gasteiger partial charge is 0.379 e. The molecule has 0 aromatic carbocycles. The molecule has 1 amide bonds. The highest BCUT2D eigenvalue weighted by Crippen LogP contribution is 2.30. The van der Waals surface area contributed by atoms with Gasteiger partial charge in [-0.15, -0.1) is 0 Å². The van der Waals surface area contributed by atoms with Gasteiger partial charge in [-0.2, -0.15) is 0 Å². The van der Waals surface area contributed by atoms with Crippen LogP contribution in [0.3, 0.4) is 0 Å². The zero-order valence-electron chi connectivity index (χ0n) is 18.0. The van der Waals surface area contributed by atoms with Crippen molar-refractivity contribution < 1.29 is 9.53 Å². The van der Waals surface area contributed by atoms with Gasteiger partial charge in [-0.3, -0.25) is 9.78 Å². The molecule has 1 aliphatic carbocycles. The number of ether oxygens (including phenoxy) is 1. The predicted octanol–water partition coefficient (Wildman–Crippen LogP) is 3.67. The minimum absolute atomic E-state index is 0.0351. The molecule has 1 atom stereocenters. The Bertz CT molecular complexity index is 1200. The van der Waals surface area contributed by atoms with Gasteiger partial charge in [-0.05, 0) is 56.7 Å². The summed E-state index contributed by atoms with van der Waals surface area (Å²) < 4.78 is 5.51. The summed E-state index contributed by atoms with van der Waals surface area (Å²) in [5.41, 5.74) is 3.30. The second-order valence-electron chi connectivity index (χ2n) is 8.38. The van der Waals surface area contributed by atoms with Crippen molar-refractivity contribution in [3.8, 4) is 11.8 Å². The second kappa shape index (κ2) is 8.93. The highest BCUT2D eigenvalue weighted by molar-refractivity contribution is 5.96. The van der Waals surface area contributed by atoms with Gasteiger partial charge in [0.2, 0.25) is 5.91 Å². The third-order valence-corrected chi connectivity index (χ3v) is 5.79. The maximum Gasteiger partial charge on any atom is 0.228 e. The van der Waals surface area contributed by atoms with Crippen LogP contribution in [0.5, 0.6) is 0 Å². The zero-order chi connectivity index (χ0) is 21.9. The maximum absolute atomic E-state index is 12.1.